The van der Waals surface area contributed by atoms with Crippen molar-refractivity contribution in [3.05, 3.63) is 42.4 Å². The Balaban J connectivity index is 2.14. The van der Waals surface area contributed by atoms with E-state index in [1.807, 2.05) is 30.3 Å². The van der Waals surface area contributed by atoms with E-state index in [1.165, 1.54) is 6.42 Å². The molecule has 1 aromatic heterocycles. The summed E-state index contributed by atoms with van der Waals surface area (Å²) in [7, 11) is 0. The average molecular weight is 201 g/mol. The van der Waals surface area contributed by atoms with Crippen LogP contribution < -0.4 is 0 Å². The molecule has 0 aliphatic heterocycles. The molecule has 15 heavy (non-hydrogen) atoms. The Labute approximate surface area is 90.0 Å². The van der Waals surface area contributed by atoms with Gasteiger partial charge in [-0.1, -0.05) is 43.7 Å². The fourth-order valence-electron chi connectivity index (χ4n) is 1.49. The van der Waals surface area contributed by atoms with Crippen LogP contribution in [-0.2, 0) is 6.42 Å². The van der Waals surface area contributed by atoms with Gasteiger partial charge in [0.05, 0.1) is 6.20 Å². The predicted molar refractivity (Wildman–Crippen MR) is 60.6 cm³/mol. The molecule has 2 nitrogen and oxygen atoms in total. The number of aromatic nitrogens is 1. The van der Waals surface area contributed by atoms with Gasteiger partial charge < -0.3 is 4.42 Å². The minimum absolute atomic E-state index is 0.843. The molecule has 2 aromatic rings. The summed E-state index contributed by atoms with van der Waals surface area (Å²) in [5.74, 6) is 1.71. The first-order chi connectivity index (χ1) is 7.40. The summed E-state index contributed by atoms with van der Waals surface area (Å²) in [5, 5.41) is 0. The summed E-state index contributed by atoms with van der Waals surface area (Å²) in [4.78, 5) is 4.26. The maximum absolute atomic E-state index is 5.66. The van der Waals surface area contributed by atoms with Crippen molar-refractivity contribution in [2.45, 2.75) is 26.2 Å². The van der Waals surface area contributed by atoms with Gasteiger partial charge in [0.15, 0.2) is 11.7 Å². The van der Waals surface area contributed by atoms with Gasteiger partial charge in [0.25, 0.3) is 0 Å². The van der Waals surface area contributed by atoms with Crippen molar-refractivity contribution in [1.82, 2.24) is 4.98 Å². The first kappa shape index (κ1) is 9.97. The Hall–Kier alpha value is -1.57. The number of hydrogen-bond donors (Lipinski definition) is 0. The van der Waals surface area contributed by atoms with E-state index in [1.54, 1.807) is 6.20 Å². The van der Waals surface area contributed by atoms with Crippen LogP contribution in [0.3, 0.4) is 0 Å². The van der Waals surface area contributed by atoms with Crippen LogP contribution in [0.1, 0.15) is 25.7 Å². The van der Waals surface area contributed by atoms with E-state index in [-0.39, 0.29) is 0 Å². The van der Waals surface area contributed by atoms with E-state index in [0.717, 1.165) is 30.1 Å². The summed E-state index contributed by atoms with van der Waals surface area (Å²) in [5.41, 5.74) is 1.09. The normalized spacial score (nSPS) is 10.5. The van der Waals surface area contributed by atoms with Crippen LogP contribution in [0.2, 0.25) is 0 Å². The van der Waals surface area contributed by atoms with Crippen molar-refractivity contribution in [1.29, 1.82) is 0 Å². The van der Waals surface area contributed by atoms with Gasteiger partial charge in [-0.2, -0.15) is 0 Å². The van der Waals surface area contributed by atoms with Gasteiger partial charge in [0.2, 0.25) is 0 Å². The highest BCUT2D eigenvalue weighted by molar-refractivity contribution is 5.55. The second-order valence-electron chi connectivity index (χ2n) is 3.59. The molecule has 1 aromatic carbocycles. The zero-order chi connectivity index (χ0) is 10.5. The molecule has 0 aliphatic carbocycles. The standard InChI is InChI=1S/C13H15NO/c1-2-3-9-13-14-10-12(15-13)11-7-5-4-6-8-11/h4-8,10H,2-3,9H2,1H3. The topological polar surface area (TPSA) is 26.0 Å². The molecule has 0 unspecified atom stereocenters. The smallest absolute Gasteiger partial charge is 0.194 e. The Morgan fingerprint density at radius 3 is 2.73 bits per heavy atom. The molecule has 0 N–H and O–H groups in total. The molecule has 0 bridgehead atoms. The van der Waals surface area contributed by atoms with E-state index in [0.29, 0.717) is 0 Å². The molecule has 0 saturated carbocycles. The van der Waals surface area contributed by atoms with Crippen LogP contribution >= 0.6 is 0 Å². The first-order valence-corrected chi connectivity index (χ1v) is 5.40. The summed E-state index contributed by atoms with van der Waals surface area (Å²) >= 11 is 0. The predicted octanol–water partition coefficient (Wildman–Crippen LogP) is 3.68. The second-order valence-corrected chi connectivity index (χ2v) is 3.59. The number of aryl methyl sites for hydroxylation is 1. The van der Waals surface area contributed by atoms with Crippen molar-refractivity contribution in [3.8, 4) is 11.3 Å². The second kappa shape index (κ2) is 4.78. The molecule has 0 saturated heterocycles. The van der Waals surface area contributed by atoms with Crippen LogP contribution in [0.4, 0.5) is 0 Å². The number of rotatable bonds is 4. The van der Waals surface area contributed by atoms with E-state index in [2.05, 4.69) is 11.9 Å². The third-order valence-corrected chi connectivity index (χ3v) is 2.36. The number of oxazole rings is 1. The highest BCUT2D eigenvalue weighted by Gasteiger charge is 2.04. The summed E-state index contributed by atoms with van der Waals surface area (Å²) in [6.07, 6.45) is 5.04. The summed E-state index contributed by atoms with van der Waals surface area (Å²) in [6, 6.07) is 10.1. The quantitative estimate of drug-likeness (QED) is 0.754. The highest BCUT2D eigenvalue weighted by Crippen LogP contribution is 2.20. The van der Waals surface area contributed by atoms with Crippen molar-refractivity contribution >= 4 is 0 Å². The molecule has 2 rings (SSSR count). The molecule has 0 fully saturated rings. The maximum atomic E-state index is 5.66. The Kier molecular flexibility index (Phi) is 3.18. The van der Waals surface area contributed by atoms with Gasteiger partial charge in [-0.25, -0.2) is 4.98 Å². The van der Waals surface area contributed by atoms with Gasteiger partial charge in [-0.3, -0.25) is 0 Å². The minimum Gasteiger partial charge on any atom is -0.441 e. The lowest BCUT2D eigenvalue weighted by Crippen LogP contribution is -1.82. The average Bonchev–Trinajstić information content (AvgIpc) is 2.76. The van der Waals surface area contributed by atoms with Crippen molar-refractivity contribution in [2.24, 2.45) is 0 Å². The summed E-state index contributed by atoms with van der Waals surface area (Å²) in [6.45, 7) is 2.17. The van der Waals surface area contributed by atoms with Crippen molar-refractivity contribution < 1.29 is 4.42 Å². The van der Waals surface area contributed by atoms with Crippen LogP contribution in [0, 0.1) is 0 Å². The van der Waals surface area contributed by atoms with E-state index in [4.69, 9.17) is 4.42 Å². The minimum atomic E-state index is 0.843. The third kappa shape index (κ3) is 2.46. The van der Waals surface area contributed by atoms with Gasteiger partial charge >= 0.3 is 0 Å². The van der Waals surface area contributed by atoms with Gasteiger partial charge in [0, 0.05) is 12.0 Å². The van der Waals surface area contributed by atoms with Gasteiger partial charge in [0.1, 0.15) is 0 Å². The largest absolute Gasteiger partial charge is 0.441 e. The number of benzene rings is 1. The number of nitrogens with zero attached hydrogens (tertiary/aromatic N) is 1. The molecular weight excluding hydrogens is 186 g/mol. The van der Waals surface area contributed by atoms with Gasteiger partial charge in [-0.05, 0) is 6.42 Å². The molecular formula is C13H15NO. The lowest BCUT2D eigenvalue weighted by Gasteiger charge is -1.94. The van der Waals surface area contributed by atoms with Crippen LogP contribution in [-0.4, -0.2) is 4.98 Å². The van der Waals surface area contributed by atoms with Crippen molar-refractivity contribution in [2.75, 3.05) is 0 Å². The Bertz CT molecular complexity index is 405. The molecule has 78 valence electrons. The zero-order valence-corrected chi connectivity index (χ0v) is 8.94. The van der Waals surface area contributed by atoms with Gasteiger partial charge in [-0.15, -0.1) is 0 Å². The molecule has 0 aliphatic rings. The monoisotopic (exact) mass is 201 g/mol. The van der Waals surface area contributed by atoms with E-state index >= 15 is 0 Å². The lowest BCUT2D eigenvalue weighted by atomic mass is 10.2. The molecule has 0 amide bonds. The molecule has 0 spiro atoms. The SMILES string of the molecule is CCCCc1ncc(-c2ccccc2)o1. The number of unbranched alkanes of at least 4 members (excludes halogenated alkanes) is 1. The fraction of sp³-hybridized carbons (Fsp3) is 0.308. The molecule has 0 radical (unpaired) electrons. The highest BCUT2D eigenvalue weighted by atomic mass is 16.4. The van der Waals surface area contributed by atoms with Crippen LogP contribution in [0.5, 0.6) is 0 Å². The zero-order valence-electron chi connectivity index (χ0n) is 8.94. The molecule has 2 heteroatoms. The summed E-state index contributed by atoms with van der Waals surface area (Å²) < 4.78 is 5.66. The van der Waals surface area contributed by atoms with Crippen molar-refractivity contribution in [3.63, 3.8) is 0 Å². The Morgan fingerprint density at radius 2 is 2.00 bits per heavy atom. The van der Waals surface area contributed by atoms with E-state index in [9.17, 15) is 0 Å². The van der Waals surface area contributed by atoms with E-state index < -0.39 is 0 Å². The maximum Gasteiger partial charge on any atom is 0.194 e. The van der Waals surface area contributed by atoms with Crippen LogP contribution in [0.25, 0.3) is 11.3 Å². The fourth-order valence-corrected chi connectivity index (χ4v) is 1.49. The molecule has 0 atom stereocenters. The third-order valence-electron chi connectivity index (χ3n) is 2.36. The lowest BCUT2D eigenvalue weighted by molar-refractivity contribution is 0.496. The van der Waals surface area contributed by atoms with Crippen LogP contribution in [0.15, 0.2) is 40.9 Å². The molecule has 1 heterocycles. The first-order valence-electron chi connectivity index (χ1n) is 5.40. The Morgan fingerprint density at radius 1 is 1.20 bits per heavy atom. The number of hydrogen-bond acceptors (Lipinski definition) is 2.